The molecule has 0 aliphatic carbocycles. The van der Waals surface area contributed by atoms with Crippen LogP contribution in [0.25, 0.3) is 0 Å². The molecule has 2 saturated heterocycles. The average molecular weight is 489 g/mol. The lowest BCUT2D eigenvalue weighted by atomic mass is 9.98. The second-order valence-corrected chi connectivity index (χ2v) is 6.84. The first-order valence-electron chi connectivity index (χ1n) is 9.62. The molecule has 0 saturated carbocycles. The maximum atomic E-state index is 5.38. The number of rotatable bonds is 6. The van der Waals surface area contributed by atoms with Crippen molar-refractivity contribution in [2.24, 2.45) is 10.9 Å². The normalized spacial score (nSPS) is 21.4. The van der Waals surface area contributed by atoms with Gasteiger partial charge in [-0.2, -0.15) is 0 Å². The van der Waals surface area contributed by atoms with Gasteiger partial charge < -0.3 is 20.3 Å². The van der Waals surface area contributed by atoms with Gasteiger partial charge in [0.1, 0.15) is 0 Å². The van der Waals surface area contributed by atoms with Crippen LogP contribution in [-0.4, -0.2) is 86.9 Å². The molecule has 1 unspecified atom stereocenters. The van der Waals surface area contributed by atoms with Gasteiger partial charge in [0.25, 0.3) is 0 Å². The van der Waals surface area contributed by atoms with Crippen molar-refractivity contribution < 1.29 is 4.74 Å². The molecule has 3 rings (SSSR count). The molecule has 0 amide bonds. The minimum Gasteiger partial charge on any atom is -0.379 e. The predicted octanol–water partition coefficient (Wildman–Crippen LogP) is 0.808. The van der Waals surface area contributed by atoms with E-state index in [1.54, 1.807) is 0 Å². The standard InChI is InChI=1S/C18H31N7O.HI/c1-19-17(20-7-9-24-10-12-26-13-11-24)23-14-16-4-2-8-25(15-16)18-21-5-3-6-22-18;/h3,5-6,16H,2,4,7-15H2,1H3,(H2,19,20,23);1H. The Morgan fingerprint density at radius 1 is 1.22 bits per heavy atom. The van der Waals surface area contributed by atoms with Crippen molar-refractivity contribution in [1.82, 2.24) is 25.5 Å². The van der Waals surface area contributed by atoms with Crippen LogP contribution < -0.4 is 15.5 Å². The number of nitrogens with zero attached hydrogens (tertiary/aromatic N) is 5. The predicted molar refractivity (Wildman–Crippen MR) is 119 cm³/mol. The highest BCUT2D eigenvalue weighted by atomic mass is 127. The summed E-state index contributed by atoms with van der Waals surface area (Å²) in [4.78, 5) is 17.8. The van der Waals surface area contributed by atoms with Gasteiger partial charge in [-0.15, -0.1) is 24.0 Å². The van der Waals surface area contributed by atoms with Gasteiger partial charge in [-0.05, 0) is 24.8 Å². The van der Waals surface area contributed by atoms with Crippen LogP contribution >= 0.6 is 24.0 Å². The van der Waals surface area contributed by atoms with Crippen molar-refractivity contribution in [1.29, 1.82) is 0 Å². The van der Waals surface area contributed by atoms with Crippen LogP contribution in [0.4, 0.5) is 5.95 Å². The number of guanidine groups is 1. The van der Waals surface area contributed by atoms with Crippen LogP contribution in [-0.2, 0) is 4.74 Å². The Kier molecular flexibility index (Phi) is 10.1. The largest absolute Gasteiger partial charge is 0.379 e. The molecular formula is C18H32IN7O. The number of hydrogen-bond acceptors (Lipinski definition) is 6. The second-order valence-electron chi connectivity index (χ2n) is 6.84. The summed E-state index contributed by atoms with van der Waals surface area (Å²) in [6, 6.07) is 1.86. The number of anilines is 1. The van der Waals surface area contributed by atoms with E-state index >= 15 is 0 Å². The van der Waals surface area contributed by atoms with E-state index in [0.717, 1.165) is 70.9 Å². The van der Waals surface area contributed by atoms with Gasteiger partial charge in [-0.3, -0.25) is 9.89 Å². The molecule has 1 aromatic heterocycles. The van der Waals surface area contributed by atoms with Crippen molar-refractivity contribution in [2.45, 2.75) is 12.8 Å². The maximum absolute atomic E-state index is 5.38. The molecule has 2 aliphatic rings. The van der Waals surface area contributed by atoms with Crippen LogP contribution in [0, 0.1) is 5.92 Å². The third-order valence-corrected chi connectivity index (χ3v) is 4.96. The van der Waals surface area contributed by atoms with Crippen molar-refractivity contribution in [2.75, 3.05) is 71.0 Å². The molecule has 8 nitrogen and oxygen atoms in total. The maximum Gasteiger partial charge on any atom is 0.225 e. The Labute approximate surface area is 179 Å². The monoisotopic (exact) mass is 489 g/mol. The molecule has 2 aliphatic heterocycles. The fraction of sp³-hybridized carbons (Fsp3) is 0.722. The molecule has 1 atom stereocenters. The Balaban J connectivity index is 0.00000261. The van der Waals surface area contributed by atoms with Crippen LogP contribution in [0.5, 0.6) is 0 Å². The highest BCUT2D eigenvalue weighted by Gasteiger charge is 2.21. The van der Waals surface area contributed by atoms with Gasteiger partial charge in [-0.25, -0.2) is 9.97 Å². The SMILES string of the molecule is CN=C(NCCN1CCOCC1)NCC1CCCN(c2ncccn2)C1.I. The number of aliphatic imine (C=N–C) groups is 1. The molecule has 3 heterocycles. The molecule has 0 bridgehead atoms. The number of ether oxygens (including phenoxy) is 1. The zero-order chi connectivity index (χ0) is 18.0. The van der Waals surface area contributed by atoms with E-state index in [1.807, 2.05) is 25.5 Å². The number of hydrogen-bond donors (Lipinski definition) is 2. The summed E-state index contributed by atoms with van der Waals surface area (Å²) in [6.45, 7) is 8.59. The van der Waals surface area contributed by atoms with Crippen molar-refractivity contribution in [3.8, 4) is 0 Å². The summed E-state index contributed by atoms with van der Waals surface area (Å²) in [5, 5.41) is 6.89. The molecule has 0 aromatic carbocycles. The number of piperidine rings is 1. The zero-order valence-electron chi connectivity index (χ0n) is 16.1. The van der Waals surface area contributed by atoms with E-state index in [1.165, 1.54) is 12.8 Å². The van der Waals surface area contributed by atoms with Crippen molar-refractivity contribution >= 4 is 35.9 Å². The van der Waals surface area contributed by atoms with Gasteiger partial charge >= 0.3 is 0 Å². The molecule has 9 heteroatoms. The number of aromatic nitrogens is 2. The molecule has 0 radical (unpaired) electrons. The number of morpholine rings is 1. The lowest BCUT2D eigenvalue weighted by molar-refractivity contribution is 0.0389. The summed E-state index contributed by atoms with van der Waals surface area (Å²) in [5.41, 5.74) is 0. The molecule has 2 fully saturated rings. The number of halogens is 1. The molecular weight excluding hydrogens is 457 g/mol. The Bertz CT molecular complexity index is 554. The smallest absolute Gasteiger partial charge is 0.225 e. The lowest BCUT2D eigenvalue weighted by Gasteiger charge is -2.33. The van der Waals surface area contributed by atoms with E-state index in [4.69, 9.17) is 4.74 Å². The van der Waals surface area contributed by atoms with E-state index in [2.05, 4.69) is 35.4 Å². The van der Waals surface area contributed by atoms with Gasteiger partial charge in [0.15, 0.2) is 5.96 Å². The van der Waals surface area contributed by atoms with Gasteiger partial charge in [0.05, 0.1) is 13.2 Å². The Morgan fingerprint density at radius 2 is 2.00 bits per heavy atom. The minimum atomic E-state index is 0. The van der Waals surface area contributed by atoms with Crippen molar-refractivity contribution in [3.63, 3.8) is 0 Å². The second kappa shape index (κ2) is 12.3. The third kappa shape index (κ3) is 7.38. The highest BCUT2D eigenvalue weighted by Crippen LogP contribution is 2.19. The summed E-state index contributed by atoms with van der Waals surface area (Å²) < 4.78 is 5.38. The van der Waals surface area contributed by atoms with Crippen LogP contribution in [0.2, 0.25) is 0 Å². The van der Waals surface area contributed by atoms with Crippen LogP contribution in [0.3, 0.4) is 0 Å². The summed E-state index contributed by atoms with van der Waals surface area (Å²) in [5.74, 6) is 2.29. The van der Waals surface area contributed by atoms with Crippen LogP contribution in [0.1, 0.15) is 12.8 Å². The average Bonchev–Trinajstić information content (AvgIpc) is 2.72. The summed E-state index contributed by atoms with van der Waals surface area (Å²) in [7, 11) is 1.83. The minimum absolute atomic E-state index is 0. The van der Waals surface area contributed by atoms with Crippen molar-refractivity contribution in [3.05, 3.63) is 18.5 Å². The third-order valence-electron chi connectivity index (χ3n) is 4.96. The summed E-state index contributed by atoms with van der Waals surface area (Å²) in [6.07, 6.45) is 6.02. The van der Waals surface area contributed by atoms with Gasteiger partial charge in [0.2, 0.25) is 5.95 Å². The Hall–Kier alpha value is -1.20. The molecule has 1 aromatic rings. The van der Waals surface area contributed by atoms with E-state index in [-0.39, 0.29) is 24.0 Å². The fourth-order valence-electron chi connectivity index (χ4n) is 3.49. The first kappa shape index (κ1) is 22.1. The highest BCUT2D eigenvalue weighted by molar-refractivity contribution is 14.0. The van der Waals surface area contributed by atoms with Crippen LogP contribution in [0.15, 0.2) is 23.5 Å². The summed E-state index contributed by atoms with van der Waals surface area (Å²) >= 11 is 0. The zero-order valence-corrected chi connectivity index (χ0v) is 18.5. The van der Waals surface area contributed by atoms with E-state index in [9.17, 15) is 0 Å². The number of nitrogens with one attached hydrogen (secondary N) is 2. The van der Waals surface area contributed by atoms with E-state index in [0.29, 0.717) is 5.92 Å². The van der Waals surface area contributed by atoms with Gasteiger partial charge in [-0.1, -0.05) is 0 Å². The lowest BCUT2D eigenvalue weighted by Crippen LogP contribution is -2.47. The first-order valence-corrected chi connectivity index (χ1v) is 9.62. The quantitative estimate of drug-likeness (QED) is 0.348. The molecule has 2 N–H and O–H groups in total. The first-order chi connectivity index (χ1) is 12.8. The van der Waals surface area contributed by atoms with Gasteiger partial charge in [0, 0.05) is 65.3 Å². The molecule has 27 heavy (non-hydrogen) atoms. The topological polar surface area (TPSA) is 77.9 Å². The molecule has 152 valence electrons. The fourth-order valence-corrected chi connectivity index (χ4v) is 3.49. The van der Waals surface area contributed by atoms with E-state index < -0.39 is 0 Å². The Morgan fingerprint density at radius 3 is 2.74 bits per heavy atom. The molecule has 0 spiro atoms.